The van der Waals surface area contributed by atoms with Crippen molar-refractivity contribution >= 4 is 17.6 Å². The number of nitrogens with one attached hydrogen (secondary N) is 2. The number of nitrogens with zero attached hydrogens (tertiary/aromatic N) is 1. The zero-order valence-corrected chi connectivity index (χ0v) is 9.51. The molecule has 16 heavy (non-hydrogen) atoms. The van der Waals surface area contributed by atoms with Crippen LogP contribution in [0, 0.1) is 5.41 Å². The Balaban J connectivity index is 2.15. The van der Waals surface area contributed by atoms with Crippen molar-refractivity contribution in [2.45, 2.75) is 32.6 Å². The minimum Gasteiger partial charge on any atom is -0.312 e. The maximum absolute atomic E-state index is 12.0. The molecule has 0 aromatic carbocycles. The molecular weight excluding hydrogens is 206 g/mol. The topological polar surface area (TPSA) is 70.6 Å². The van der Waals surface area contributed by atoms with Crippen LogP contribution >= 0.6 is 0 Å². The van der Waals surface area contributed by atoms with Crippen molar-refractivity contribution in [1.29, 1.82) is 0 Å². The van der Waals surface area contributed by atoms with Gasteiger partial charge in [-0.05, 0) is 19.4 Å². The summed E-state index contributed by atoms with van der Waals surface area (Å²) in [5.74, 6) is 0.0499. The molecule has 5 heteroatoms. The Morgan fingerprint density at radius 3 is 2.62 bits per heavy atom. The molecular formula is C11H17N3O2. The van der Waals surface area contributed by atoms with Crippen molar-refractivity contribution in [3.05, 3.63) is 0 Å². The highest BCUT2D eigenvalue weighted by atomic mass is 16.2. The minimum absolute atomic E-state index is 0.155. The fourth-order valence-electron chi connectivity index (χ4n) is 2.35. The van der Waals surface area contributed by atoms with E-state index in [0.717, 1.165) is 19.4 Å². The quantitative estimate of drug-likeness (QED) is 0.672. The summed E-state index contributed by atoms with van der Waals surface area (Å²) >= 11 is 0. The van der Waals surface area contributed by atoms with E-state index in [0.29, 0.717) is 25.2 Å². The largest absolute Gasteiger partial charge is 0.312 e. The fourth-order valence-corrected chi connectivity index (χ4v) is 2.35. The summed E-state index contributed by atoms with van der Waals surface area (Å²) in [6.07, 6.45) is 3.18. The van der Waals surface area contributed by atoms with Gasteiger partial charge in [-0.1, -0.05) is 19.8 Å². The third-order valence-corrected chi connectivity index (χ3v) is 3.34. The lowest BCUT2D eigenvalue weighted by Gasteiger charge is -2.28. The molecule has 0 bridgehead atoms. The molecule has 2 N–H and O–H groups in total. The zero-order chi connectivity index (χ0) is 11.6. The molecule has 88 valence electrons. The van der Waals surface area contributed by atoms with Gasteiger partial charge in [0, 0.05) is 0 Å². The van der Waals surface area contributed by atoms with E-state index < -0.39 is 5.41 Å². The van der Waals surface area contributed by atoms with Crippen molar-refractivity contribution in [2.75, 3.05) is 13.1 Å². The first kappa shape index (κ1) is 11.3. The van der Waals surface area contributed by atoms with Gasteiger partial charge in [-0.25, -0.2) is 0 Å². The normalized spacial score (nSPS) is 23.4. The summed E-state index contributed by atoms with van der Waals surface area (Å²) < 4.78 is 0. The summed E-state index contributed by atoms with van der Waals surface area (Å²) in [7, 11) is 0. The lowest BCUT2D eigenvalue weighted by Crippen LogP contribution is -2.53. The molecule has 1 heterocycles. The Morgan fingerprint density at radius 1 is 1.38 bits per heavy atom. The van der Waals surface area contributed by atoms with Crippen LogP contribution < -0.4 is 10.6 Å². The molecule has 0 aromatic heterocycles. The highest BCUT2D eigenvalue weighted by Crippen LogP contribution is 2.40. The number of rotatable bonds is 3. The second-order valence-corrected chi connectivity index (χ2v) is 4.39. The first-order chi connectivity index (χ1) is 7.69. The average Bonchev–Trinajstić information content (AvgIpc) is 2.74. The van der Waals surface area contributed by atoms with Crippen LogP contribution in [-0.2, 0) is 9.59 Å². The van der Waals surface area contributed by atoms with Crippen LogP contribution in [0.2, 0.25) is 0 Å². The Morgan fingerprint density at radius 2 is 2.06 bits per heavy atom. The molecule has 1 fully saturated rings. The van der Waals surface area contributed by atoms with Crippen LogP contribution in [0.5, 0.6) is 0 Å². The van der Waals surface area contributed by atoms with Gasteiger partial charge < -0.3 is 10.6 Å². The lowest BCUT2D eigenvalue weighted by molar-refractivity contribution is -0.141. The lowest BCUT2D eigenvalue weighted by atomic mass is 9.83. The Hall–Kier alpha value is -1.23. The van der Waals surface area contributed by atoms with E-state index in [1.54, 1.807) is 0 Å². The van der Waals surface area contributed by atoms with Crippen LogP contribution in [0.1, 0.15) is 32.6 Å². The monoisotopic (exact) mass is 223 g/mol. The number of amides is 2. The van der Waals surface area contributed by atoms with E-state index in [-0.39, 0.29) is 11.8 Å². The SMILES string of the molecule is CCNCC1=NC(=O)C2(CCCC2)C(=O)N1. The predicted octanol–water partition coefficient (Wildman–Crippen LogP) is 0.211. The molecule has 1 aliphatic carbocycles. The summed E-state index contributed by atoms with van der Waals surface area (Å²) in [6, 6.07) is 0. The number of hydrogen-bond donors (Lipinski definition) is 2. The molecule has 1 spiro atoms. The molecule has 0 unspecified atom stereocenters. The number of carbonyl (C=O) groups is 2. The second kappa shape index (κ2) is 4.33. The van der Waals surface area contributed by atoms with Crippen LogP contribution in [0.3, 0.4) is 0 Å². The number of aliphatic imine (C=N–C) groups is 1. The fraction of sp³-hybridized carbons (Fsp3) is 0.727. The van der Waals surface area contributed by atoms with E-state index in [1.807, 2.05) is 6.92 Å². The molecule has 1 aliphatic heterocycles. The van der Waals surface area contributed by atoms with Gasteiger partial charge in [-0.3, -0.25) is 9.59 Å². The molecule has 2 amide bonds. The number of carbonyl (C=O) groups excluding carboxylic acids is 2. The average molecular weight is 223 g/mol. The van der Waals surface area contributed by atoms with E-state index in [4.69, 9.17) is 0 Å². The molecule has 1 saturated carbocycles. The molecule has 0 atom stereocenters. The Kier molecular flexibility index (Phi) is 3.05. The predicted molar refractivity (Wildman–Crippen MR) is 60.0 cm³/mol. The highest BCUT2D eigenvalue weighted by Gasteiger charge is 2.50. The number of likely N-dealkylation sites (N-methyl/N-ethyl adjacent to an activating group) is 1. The summed E-state index contributed by atoms with van der Waals surface area (Å²) in [5, 5.41) is 5.78. The third kappa shape index (κ3) is 1.75. The Labute approximate surface area is 94.7 Å². The second-order valence-electron chi connectivity index (χ2n) is 4.39. The first-order valence-electron chi connectivity index (χ1n) is 5.83. The van der Waals surface area contributed by atoms with Gasteiger partial charge in [0.25, 0.3) is 5.91 Å². The van der Waals surface area contributed by atoms with Gasteiger partial charge in [0.1, 0.15) is 11.3 Å². The molecule has 2 aliphatic rings. The van der Waals surface area contributed by atoms with Crippen LogP contribution in [0.15, 0.2) is 4.99 Å². The van der Waals surface area contributed by atoms with Gasteiger partial charge in [-0.2, -0.15) is 4.99 Å². The summed E-state index contributed by atoms with van der Waals surface area (Å²) in [6.45, 7) is 3.20. The molecule has 0 aromatic rings. The first-order valence-corrected chi connectivity index (χ1v) is 5.83. The Bertz CT molecular complexity index is 343. The van der Waals surface area contributed by atoms with Gasteiger partial charge in [0.15, 0.2) is 0 Å². The maximum atomic E-state index is 12.0. The van der Waals surface area contributed by atoms with E-state index in [2.05, 4.69) is 15.6 Å². The van der Waals surface area contributed by atoms with Crippen LogP contribution in [0.4, 0.5) is 0 Å². The van der Waals surface area contributed by atoms with Crippen LogP contribution in [-0.4, -0.2) is 30.7 Å². The highest BCUT2D eigenvalue weighted by molar-refractivity contribution is 6.19. The minimum atomic E-state index is -0.838. The number of amidine groups is 1. The molecule has 0 radical (unpaired) electrons. The van der Waals surface area contributed by atoms with Gasteiger partial charge >= 0.3 is 0 Å². The van der Waals surface area contributed by atoms with Gasteiger partial charge in [-0.15, -0.1) is 0 Å². The standard InChI is InChI=1S/C11H17N3O2/c1-2-12-7-8-13-9(15)11(10(16)14-8)5-3-4-6-11/h12H,2-7H2,1H3,(H,13,14,15,16). The van der Waals surface area contributed by atoms with Crippen molar-refractivity contribution in [1.82, 2.24) is 10.6 Å². The third-order valence-electron chi connectivity index (χ3n) is 3.34. The summed E-state index contributed by atoms with van der Waals surface area (Å²) in [4.78, 5) is 27.9. The van der Waals surface area contributed by atoms with Gasteiger partial charge in [0.2, 0.25) is 5.91 Å². The summed E-state index contributed by atoms with van der Waals surface area (Å²) in [5.41, 5.74) is -0.838. The smallest absolute Gasteiger partial charge is 0.263 e. The number of hydrogen-bond acceptors (Lipinski definition) is 3. The van der Waals surface area contributed by atoms with Crippen molar-refractivity contribution in [3.8, 4) is 0 Å². The van der Waals surface area contributed by atoms with E-state index >= 15 is 0 Å². The van der Waals surface area contributed by atoms with Crippen LogP contribution in [0.25, 0.3) is 0 Å². The van der Waals surface area contributed by atoms with Crippen molar-refractivity contribution in [3.63, 3.8) is 0 Å². The van der Waals surface area contributed by atoms with E-state index in [1.165, 1.54) is 0 Å². The maximum Gasteiger partial charge on any atom is 0.263 e. The van der Waals surface area contributed by atoms with E-state index in [9.17, 15) is 9.59 Å². The van der Waals surface area contributed by atoms with Crippen molar-refractivity contribution < 1.29 is 9.59 Å². The molecule has 0 saturated heterocycles. The van der Waals surface area contributed by atoms with Gasteiger partial charge in [0.05, 0.1) is 6.54 Å². The van der Waals surface area contributed by atoms with Crippen molar-refractivity contribution in [2.24, 2.45) is 10.4 Å². The molecule has 2 rings (SSSR count). The zero-order valence-electron chi connectivity index (χ0n) is 9.51. The molecule has 5 nitrogen and oxygen atoms in total.